The molecule has 0 aliphatic rings. The highest BCUT2D eigenvalue weighted by molar-refractivity contribution is 7.99. The van der Waals surface area contributed by atoms with E-state index in [4.69, 9.17) is 5.26 Å². The van der Waals surface area contributed by atoms with Crippen molar-refractivity contribution in [2.75, 3.05) is 5.75 Å². The maximum atomic E-state index is 8.56. The molecule has 1 unspecified atom stereocenters. The van der Waals surface area contributed by atoms with Gasteiger partial charge >= 0.3 is 0 Å². The van der Waals surface area contributed by atoms with E-state index in [0.29, 0.717) is 0 Å². The summed E-state index contributed by atoms with van der Waals surface area (Å²) in [6, 6.07) is 4.03. The van der Waals surface area contributed by atoms with Gasteiger partial charge in [-0.1, -0.05) is 11.8 Å². The molecular weight excluding hydrogens is 182 g/mol. The second-order valence-corrected chi connectivity index (χ2v) is 3.81. The summed E-state index contributed by atoms with van der Waals surface area (Å²) in [4.78, 5) is 8.31. The van der Waals surface area contributed by atoms with Crippen molar-refractivity contribution in [2.24, 2.45) is 5.92 Å². The number of aromatic nitrogens is 2. The summed E-state index contributed by atoms with van der Waals surface area (Å²) in [6.07, 6.45) is 1.74. The van der Waals surface area contributed by atoms with Crippen molar-refractivity contribution in [1.82, 2.24) is 9.97 Å². The Bertz CT molecular complexity index is 319. The third-order valence-electron chi connectivity index (χ3n) is 1.46. The van der Waals surface area contributed by atoms with Crippen molar-refractivity contribution in [2.45, 2.75) is 19.0 Å². The van der Waals surface area contributed by atoms with Gasteiger partial charge in [0.05, 0.1) is 12.0 Å². The van der Waals surface area contributed by atoms with E-state index >= 15 is 0 Å². The molecule has 0 saturated heterocycles. The molecule has 0 radical (unpaired) electrons. The zero-order valence-electron chi connectivity index (χ0n) is 7.69. The van der Waals surface area contributed by atoms with Crippen molar-refractivity contribution in [3.05, 3.63) is 18.0 Å². The highest BCUT2D eigenvalue weighted by Crippen LogP contribution is 2.15. The Labute approximate surface area is 82.2 Å². The van der Waals surface area contributed by atoms with E-state index < -0.39 is 0 Å². The molecule has 1 aromatic rings. The fraction of sp³-hybridized carbons (Fsp3) is 0.444. The molecule has 0 amide bonds. The van der Waals surface area contributed by atoms with Gasteiger partial charge in [-0.2, -0.15) is 5.26 Å². The maximum Gasteiger partial charge on any atom is 0.187 e. The molecule has 0 aliphatic heterocycles. The molecule has 1 heterocycles. The van der Waals surface area contributed by atoms with Crippen LogP contribution in [0.15, 0.2) is 17.4 Å². The second-order valence-electron chi connectivity index (χ2n) is 2.82. The van der Waals surface area contributed by atoms with E-state index in [0.717, 1.165) is 16.6 Å². The molecular formula is C9H11N3S. The lowest BCUT2D eigenvalue weighted by molar-refractivity contribution is 0.853. The number of aryl methyl sites for hydroxylation is 1. The van der Waals surface area contributed by atoms with Crippen LogP contribution in [0.1, 0.15) is 12.6 Å². The quantitative estimate of drug-likeness (QED) is 0.544. The van der Waals surface area contributed by atoms with E-state index in [1.165, 1.54) is 11.8 Å². The summed E-state index contributed by atoms with van der Waals surface area (Å²) < 4.78 is 0. The van der Waals surface area contributed by atoms with Crippen molar-refractivity contribution in [3.8, 4) is 6.07 Å². The number of hydrogen-bond donors (Lipinski definition) is 0. The van der Waals surface area contributed by atoms with Crippen molar-refractivity contribution in [3.63, 3.8) is 0 Å². The van der Waals surface area contributed by atoms with Crippen molar-refractivity contribution < 1.29 is 0 Å². The molecule has 0 aromatic carbocycles. The van der Waals surface area contributed by atoms with Gasteiger partial charge in [-0.3, -0.25) is 0 Å². The molecule has 0 spiro atoms. The molecule has 0 saturated carbocycles. The third kappa shape index (κ3) is 3.43. The molecule has 0 N–H and O–H groups in total. The lowest BCUT2D eigenvalue weighted by Gasteiger charge is -2.00. The van der Waals surface area contributed by atoms with E-state index in [9.17, 15) is 0 Å². The normalized spacial score (nSPS) is 12.1. The van der Waals surface area contributed by atoms with Crippen molar-refractivity contribution >= 4 is 11.8 Å². The highest BCUT2D eigenvalue weighted by atomic mass is 32.2. The molecule has 0 bridgehead atoms. The van der Waals surface area contributed by atoms with Crippen LogP contribution in [-0.2, 0) is 0 Å². The van der Waals surface area contributed by atoms with E-state index in [-0.39, 0.29) is 5.92 Å². The molecule has 0 fully saturated rings. The number of hydrogen-bond acceptors (Lipinski definition) is 4. The first-order valence-corrected chi connectivity index (χ1v) is 5.03. The van der Waals surface area contributed by atoms with Gasteiger partial charge in [0.1, 0.15) is 0 Å². The average Bonchev–Trinajstić information content (AvgIpc) is 2.14. The van der Waals surface area contributed by atoms with Crippen LogP contribution in [0.3, 0.4) is 0 Å². The van der Waals surface area contributed by atoms with Crippen LogP contribution in [-0.4, -0.2) is 15.7 Å². The lowest BCUT2D eigenvalue weighted by atomic mass is 10.3. The van der Waals surface area contributed by atoms with Crippen LogP contribution in [0.2, 0.25) is 0 Å². The summed E-state index contributed by atoms with van der Waals surface area (Å²) >= 11 is 1.52. The summed E-state index contributed by atoms with van der Waals surface area (Å²) in [5.74, 6) is 0.800. The second kappa shape index (κ2) is 4.83. The Balaban J connectivity index is 2.51. The largest absolute Gasteiger partial charge is 0.231 e. The standard InChI is InChI=1S/C9H11N3S/c1-7(5-10)6-13-9-11-4-3-8(2)12-9/h3-4,7H,6H2,1-2H3. The molecule has 3 nitrogen and oxygen atoms in total. The van der Waals surface area contributed by atoms with Gasteiger partial charge in [0.2, 0.25) is 0 Å². The number of rotatable bonds is 3. The number of thioether (sulfide) groups is 1. The van der Waals surface area contributed by atoms with E-state index in [1.54, 1.807) is 6.20 Å². The van der Waals surface area contributed by atoms with Gasteiger partial charge in [0.25, 0.3) is 0 Å². The Kier molecular flexibility index (Phi) is 3.71. The molecule has 1 atom stereocenters. The third-order valence-corrected chi connectivity index (χ3v) is 2.58. The van der Waals surface area contributed by atoms with Gasteiger partial charge in [-0.05, 0) is 19.9 Å². The highest BCUT2D eigenvalue weighted by Gasteiger charge is 2.02. The SMILES string of the molecule is Cc1ccnc(SCC(C)C#N)n1. The minimum atomic E-state index is 0.0501. The Morgan fingerprint density at radius 3 is 3.08 bits per heavy atom. The number of nitrogens with zero attached hydrogens (tertiary/aromatic N) is 3. The van der Waals surface area contributed by atoms with Crippen LogP contribution < -0.4 is 0 Å². The lowest BCUT2D eigenvalue weighted by Crippen LogP contribution is -1.96. The maximum absolute atomic E-state index is 8.56. The molecule has 68 valence electrons. The van der Waals surface area contributed by atoms with Gasteiger partial charge in [0.15, 0.2) is 5.16 Å². The fourth-order valence-electron chi connectivity index (χ4n) is 0.732. The Morgan fingerprint density at radius 2 is 2.46 bits per heavy atom. The molecule has 0 aliphatic carbocycles. The minimum Gasteiger partial charge on any atom is -0.231 e. The van der Waals surface area contributed by atoms with Crippen LogP contribution >= 0.6 is 11.8 Å². The van der Waals surface area contributed by atoms with E-state index in [1.807, 2.05) is 19.9 Å². The van der Waals surface area contributed by atoms with Gasteiger partial charge in [-0.25, -0.2) is 9.97 Å². The minimum absolute atomic E-state index is 0.0501. The Morgan fingerprint density at radius 1 is 1.69 bits per heavy atom. The molecule has 1 aromatic heterocycles. The van der Waals surface area contributed by atoms with Gasteiger partial charge in [0, 0.05) is 17.6 Å². The predicted molar refractivity (Wildman–Crippen MR) is 52.3 cm³/mol. The van der Waals surface area contributed by atoms with Gasteiger partial charge in [-0.15, -0.1) is 0 Å². The first-order valence-electron chi connectivity index (χ1n) is 4.04. The van der Waals surface area contributed by atoms with Gasteiger partial charge < -0.3 is 0 Å². The van der Waals surface area contributed by atoms with Crippen LogP contribution in [0, 0.1) is 24.2 Å². The van der Waals surface area contributed by atoms with Crippen LogP contribution in [0.25, 0.3) is 0 Å². The smallest absolute Gasteiger partial charge is 0.187 e. The fourth-order valence-corrected chi connectivity index (χ4v) is 1.55. The topological polar surface area (TPSA) is 49.6 Å². The molecule has 1 rings (SSSR count). The van der Waals surface area contributed by atoms with Crippen molar-refractivity contribution in [1.29, 1.82) is 5.26 Å². The monoisotopic (exact) mass is 193 g/mol. The summed E-state index contributed by atoms with van der Waals surface area (Å²) in [6.45, 7) is 3.82. The Hall–Kier alpha value is -1.08. The molecule has 13 heavy (non-hydrogen) atoms. The zero-order valence-corrected chi connectivity index (χ0v) is 8.51. The number of nitriles is 1. The first-order chi connectivity index (χ1) is 6.22. The zero-order chi connectivity index (χ0) is 9.68. The van der Waals surface area contributed by atoms with E-state index in [2.05, 4.69) is 16.0 Å². The van der Waals surface area contributed by atoms with Crippen LogP contribution in [0.5, 0.6) is 0 Å². The summed E-state index contributed by atoms with van der Waals surface area (Å²) in [5.41, 5.74) is 0.960. The molecule has 4 heteroatoms. The predicted octanol–water partition coefficient (Wildman–Crippen LogP) is 2.04. The first kappa shape index (κ1) is 10.0. The summed E-state index contributed by atoms with van der Waals surface area (Å²) in [5, 5.41) is 9.32. The summed E-state index contributed by atoms with van der Waals surface area (Å²) in [7, 11) is 0. The van der Waals surface area contributed by atoms with Crippen LogP contribution in [0.4, 0.5) is 0 Å². The average molecular weight is 193 g/mol.